The van der Waals surface area contributed by atoms with Crippen molar-refractivity contribution in [2.24, 2.45) is 5.10 Å². The average molecular weight is 337 g/mol. The van der Waals surface area contributed by atoms with Gasteiger partial charge in [0.2, 0.25) is 5.16 Å². The number of hydrogen-bond donors (Lipinski definition) is 1. The fourth-order valence-corrected chi connectivity index (χ4v) is 3.44. The van der Waals surface area contributed by atoms with Gasteiger partial charge < -0.3 is 5.11 Å². The van der Waals surface area contributed by atoms with Crippen LogP contribution in [0.2, 0.25) is 5.02 Å². The minimum Gasteiger partial charge on any atom is -0.481 e. The Labute approximate surface area is 136 Å². The van der Waals surface area contributed by atoms with E-state index in [0.29, 0.717) is 22.3 Å². The molecule has 6 nitrogen and oxygen atoms in total. The van der Waals surface area contributed by atoms with Gasteiger partial charge in [0.25, 0.3) is 0 Å². The summed E-state index contributed by atoms with van der Waals surface area (Å²) >= 11 is 7.29. The number of aryl methyl sites for hydroxylation is 1. The Bertz CT molecular complexity index is 742. The van der Waals surface area contributed by atoms with Gasteiger partial charge in [-0.1, -0.05) is 42.4 Å². The molecule has 0 saturated carbocycles. The highest BCUT2D eigenvalue weighted by atomic mass is 35.5. The molecule has 8 heteroatoms. The van der Waals surface area contributed by atoms with Gasteiger partial charge in [0.05, 0.1) is 17.4 Å². The molecule has 1 aromatic carbocycles. The highest BCUT2D eigenvalue weighted by Crippen LogP contribution is 2.32. The first-order valence-corrected chi connectivity index (χ1v) is 8.01. The van der Waals surface area contributed by atoms with Crippen molar-refractivity contribution in [2.45, 2.75) is 30.2 Å². The van der Waals surface area contributed by atoms with Crippen LogP contribution in [0.1, 0.15) is 24.7 Å². The zero-order valence-electron chi connectivity index (χ0n) is 11.7. The molecule has 1 N–H and O–H groups in total. The standard InChI is InChI=1S/C14H13ClN4O2S/c1-2-11-16-17-14-19(11)18-13(10(22-14)7-12(20)21)8-3-5-9(15)6-4-8/h3-6,10H,2,7H2,1H3,(H,20,21). The summed E-state index contributed by atoms with van der Waals surface area (Å²) in [5.74, 6) is -0.120. The summed E-state index contributed by atoms with van der Waals surface area (Å²) in [7, 11) is 0. The Balaban J connectivity index is 2.07. The Morgan fingerprint density at radius 2 is 2.09 bits per heavy atom. The monoisotopic (exact) mass is 336 g/mol. The number of carbonyl (C=O) groups is 1. The molecular weight excluding hydrogens is 324 g/mol. The molecule has 1 unspecified atom stereocenters. The maximum absolute atomic E-state index is 11.1. The van der Waals surface area contributed by atoms with Gasteiger partial charge >= 0.3 is 5.97 Å². The normalized spacial score (nSPS) is 17.0. The van der Waals surface area contributed by atoms with E-state index in [0.717, 1.165) is 11.4 Å². The van der Waals surface area contributed by atoms with Crippen LogP contribution in [0.25, 0.3) is 0 Å². The van der Waals surface area contributed by atoms with E-state index < -0.39 is 5.97 Å². The topological polar surface area (TPSA) is 80.4 Å². The van der Waals surface area contributed by atoms with Crippen molar-refractivity contribution in [1.82, 2.24) is 14.9 Å². The molecule has 0 fully saturated rings. The first-order valence-electron chi connectivity index (χ1n) is 6.76. The van der Waals surface area contributed by atoms with Crippen LogP contribution in [0.5, 0.6) is 0 Å². The van der Waals surface area contributed by atoms with Crippen LogP contribution in [0.3, 0.4) is 0 Å². The third-order valence-corrected chi connectivity index (χ3v) is 4.65. The highest BCUT2D eigenvalue weighted by Gasteiger charge is 2.30. The summed E-state index contributed by atoms with van der Waals surface area (Å²) in [5.41, 5.74) is 1.55. The molecule has 114 valence electrons. The van der Waals surface area contributed by atoms with Crippen molar-refractivity contribution in [3.8, 4) is 0 Å². The number of carboxylic acids is 1. The molecule has 0 saturated heterocycles. The van der Waals surface area contributed by atoms with Gasteiger partial charge in [-0.05, 0) is 17.7 Å². The molecule has 2 heterocycles. The molecule has 0 radical (unpaired) electrons. The van der Waals surface area contributed by atoms with Crippen LogP contribution >= 0.6 is 23.4 Å². The number of halogens is 1. The number of carboxylic acid groups (broad SMARTS) is 1. The smallest absolute Gasteiger partial charge is 0.304 e. The second-order valence-electron chi connectivity index (χ2n) is 4.76. The minimum atomic E-state index is -0.872. The predicted octanol–water partition coefficient (Wildman–Crippen LogP) is 2.70. The molecule has 2 aromatic rings. The lowest BCUT2D eigenvalue weighted by Crippen LogP contribution is -2.27. The quantitative estimate of drug-likeness (QED) is 0.928. The number of rotatable bonds is 4. The van der Waals surface area contributed by atoms with Crippen LogP contribution in [0.4, 0.5) is 0 Å². The number of thioether (sulfide) groups is 1. The van der Waals surface area contributed by atoms with E-state index in [-0.39, 0.29) is 11.7 Å². The lowest BCUT2D eigenvalue weighted by molar-refractivity contribution is -0.136. The summed E-state index contributed by atoms with van der Waals surface area (Å²) in [6.07, 6.45) is 0.676. The van der Waals surface area contributed by atoms with E-state index in [2.05, 4.69) is 15.3 Å². The average Bonchev–Trinajstić information content (AvgIpc) is 2.88. The van der Waals surface area contributed by atoms with Crippen molar-refractivity contribution >= 4 is 35.0 Å². The molecule has 1 atom stereocenters. The molecule has 1 aliphatic heterocycles. The summed E-state index contributed by atoms with van der Waals surface area (Å²) in [5, 5.41) is 22.9. The van der Waals surface area contributed by atoms with Crippen LogP contribution < -0.4 is 0 Å². The van der Waals surface area contributed by atoms with Crippen LogP contribution in [0, 0.1) is 0 Å². The maximum Gasteiger partial charge on any atom is 0.304 e. The molecule has 0 amide bonds. The zero-order chi connectivity index (χ0) is 15.7. The van der Waals surface area contributed by atoms with E-state index in [9.17, 15) is 4.79 Å². The van der Waals surface area contributed by atoms with E-state index in [1.54, 1.807) is 16.8 Å². The van der Waals surface area contributed by atoms with Crippen LogP contribution in [-0.2, 0) is 11.2 Å². The largest absolute Gasteiger partial charge is 0.481 e. The Kier molecular flexibility index (Phi) is 4.17. The number of fused-ring (bicyclic) bond motifs is 1. The van der Waals surface area contributed by atoms with Gasteiger partial charge in [0, 0.05) is 11.4 Å². The molecule has 1 aliphatic rings. The number of aliphatic carboxylic acids is 1. The van der Waals surface area contributed by atoms with Crippen molar-refractivity contribution in [1.29, 1.82) is 0 Å². The summed E-state index contributed by atoms with van der Waals surface area (Å²) in [6, 6.07) is 7.23. The second-order valence-corrected chi connectivity index (χ2v) is 6.37. The van der Waals surface area contributed by atoms with E-state index in [1.807, 2.05) is 19.1 Å². The summed E-state index contributed by atoms with van der Waals surface area (Å²) in [4.78, 5) is 11.1. The van der Waals surface area contributed by atoms with Gasteiger partial charge in [-0.2, -0.15) is 9.78 Å². The molecule has 3 rings (SSSR count). The van der Waals surface area contributed by atoms with Crippen molar-refractivity contribution < 1.29 is 9.90 Å². The van der Waals surface area contributed by atoms with Crippen molar-refractivity contribution in [2.75, 3.05) is 0 Å². The summed E-state index contributed by atoms with van der Waals surface area (Å²) in [6.45, 7) is 1.97. The zero-order valence-corrected chi connectivity index (χ0v) is 13.3. The van der Waals surface area contributed by atoms with Gasteiger partial charge in [0.1, 0.15) is 0 Å². The van der Waals surface area contributed by atoms with Gasteiger partial charge in [0.15, 0.2) is 5.82 Å². The molecule has 1 aromatic heterocycles. The predicted molar refractivity (Wildman–Crippen MR) is 84.7 cm³/mol. The number of aromatic nitrogens is 3. The first-order chi connectivity index (χ1) is 10.6. The Morgan fingerprint density at radius 3 is 2.73 bits per heavy atom. The molecular formula is C14H13ClN4O2S. The summed E-state index contributed by atoms with van der Waals surface area (Å²) < 4.78 is 1.69. The SMILES string of the molecule is CCc1nnc2n1N=C(c1ccc(Cl)cc1)C(CC(=O)O)S2. The lowest BCUT2D eigenvalue weighted by atomic mass is 10.1. The number of benzene rings is 1. The van der Waals surface area contributed by atoms with Gasteiger partial charge in [-0.25, -0.2) is 0 Å². The lowest BCUT2D eigenvalue weighted by Gasteiger charge is -2.21. The van der Waals surface area contributed by atoms with Crippen LogP contribution in [0.15, 0.2) is 34.5 Å². The minimum absolute atomic E-state index is 0.0273. The van der Waals surface area contributed by atoms with E-state index in [1.165, 1.54) is 11.8 Å². The van der Waals surface area contributed by atoms with Crippen molar-refractivity contribution in [3.05, 3.63) is 40.7 Å². The fraction of sp³-hybridized carbons (Fsp3) is 0.286. The molecule has 0 spiro atoms. The Morgan fingerprint density at radius 1 is 1.36 bits per heavy atom. The number of nitrogens with zero attached hydrogens (tertiary/aromatic N) is 4. The highest BCUT2D eigenvalue weighted by molar-refractivity contribution is 8.00. The maximum atomic E-state index is 11.1. The third-order valence-electron chi connectivity index (χ3n) is 3.25. The van der Waals surface area contributed by atoms with Crippen molar-refractivity contribution in [3.63, 3.8) is 0 Å². The van der Waals surface area contributed by atoms with Gasteiger partial charge in [-0.15, -0.1) is 10.2 Å². The third kappa shape index (κ3) is 2.86. The number of hydrogen-bond acceptors (Lipinski definition) is 5. The first kappa shape index (κ1) is 15.1. The second kappa shape index (κ2) is 6.10. The fourth-order valence-electron chi connectivity index (χ4n) is 2.21. The van der Waals surface area contributed by atoms with Gasteiger partial charge in [-0.3, -0.25) is 4.79 Å². The molecule has 0 aliphatic carbocycles. The van der Waals surface area contributed by atoms with E-state index in [4.69, 9.17) is 16.7 Å². The van der Waals surface area contributed by atoms with E-state index >= 15 is 0 Å². The molecule has 0 bridgehead atoms. The Hall–Kier alpha value is -1.86. The molecule has 22 heavy (non-hydrogen) atoms. The van der Waals surface area contributed by atoms with Crippen LogP contribution in [-0.4, -0.2) is 36.9 Å².